The lowest BCUT2D eigenvalue weighted by Crippen LogP contribution is -2.23. The minimum absolute atomic E-state index is 0.0553. The summed E-state index contributed by atoms with van der Waals surface area (Å²) in [6.45, 7) is 9.84. The van der Waals surface area contributed by atoms with Gasteiger partial charge in [0.1, 0.15) is 11.3 Å². The molecule has 1 amide bonds. The number of amides is 1. The number of benzene rings is 2. The third-order valence-corrected chi connectivity index (χ3v) is 6.72. The number of rotatable bonds is 8. The molecule has 182 valence electrons. The zero-order chi connectivity index (χ0) is 25.1. The Labute approximate surface area is 207 Å². The van der Waals surface area contributed by atoms with Crippen molar-refractivity contribution in [1.29, 1.82) is 0 Å². The van der Waals surface area contributed by atoms with Gasteiger partial charge in [-0.25, -0.2) is 9.37 Å². The second-order valence-electron chi connectivity index (χ2n) is 8.23. The number of aromatic amines is 1. The van der Waals surface area contributed by atoms with E-state index in [1.165, 1.54) is 28.8 Å². The molecule has 0 saturated carbocycles. The predicted octanol–water partition coefficient (Wildman–Crippen LogP) is 5.05. The van der Waals surface area contributed by atoms with Gasteiger partial charge in [-0.05, 0) is 81.8 Å². The van der Waals surface area contributed by atoms with E-state index in [1.807, 2.05) is 26.0 Å². The number of halogens is 1. The maximum Gasteiger partial charge on any atom is 0.283 e. The second kappa shape index (κ2) is 10.4. The normalized spacial score (nSPS) is 11.1. The van der Waals surface area contributed by atoms with Crippen LogP contribution >= 0.6 is 11.8 Å². The summed E-state index contributed by atoms with van der Waals surface area (Å²) >= 11 is 1.16. The number of H-pyrrole nitrogens is 1. The van der Waals surface area contributed by atoms with Crippen LogP contribution in [-0.4, -0.2) is 39.3 Å². The molecule has 0 spiro atoms. The zero-order valence-corrected chi connectivity index (χ0v) is 21.0. The van der Waals surface area contributed by atoms with Crippen LogP contribution in [-0.2, 0) is 4.79 Å². The summed E-state index contributed by atoms with van der Waals surface area (Å²) in [5, 5.41) is 3.31. The van der Waals surface area contributed by atoms with E-state index in [1.54, 1.807) is 6.07 Å². The zero-order valence-electron chi connectivity index (χ0n) is 20.2. The van der Waals surface area contributed by atoms with Gasteiger partial charge in [-0.15, -0.1) is 0 Å². The van der Waals surface area contributed by atoms with E-state index in [4.69, 9.17) is 0 Å². The van der Waals surface area contributed by atoms with Gasteiger partial charge in [0.05, 0.1) is 17.0 Å². The standard InChI is InChI=1S/C26H28FN5O2S/c1-5-31(6-2)20-11-12-21(16(3)13-20)29-23(33)15-35-26-30-22-14-17(4)28-24(22)25(34)32(26)19-9-7-18(27)8-10-19/h7-14,28H,5-6,15H2,1-4H3,(H,29,33). The number of nitrogens with one attached hydrogen (secondary N) is 2. The van der Waals surface area contributed by atoms with Crippen molar-refractivity contribution in [3.8, 4) is 5.69 Å². The van der Waals surface area contributed by atoms with Crippen molar-refractivity contribution < 1.29 is 9.18 Å². The van der Waals surface area contributed by atoms with Gasteiger partial charge in [0.2, 0.25) is 5.91 Å². The van der Waals surface area contributed by atoms with Gasteiger partial charge in [0.25, 0.3) is 5.56 Å². The molecule has 0 fully saturated rings. The summed E-state index contributed by atoms with van der Waals surface area (Å²) in [4.78, 5) is 35.9. The van der Waals surface area contributed by atoms with Gasteiger partial charge in [-0.2, -0.15) is 0 Å². The van der Waals surface area contributed by atoms with Gasteiger partial charge in [0.15, 0.2) is 5.16 Å². The van der Waals surface area contributed by atoms with Crippen LogP contribution in [0.1, 0.15) is 25.1 Å². The Bertz CT molecular complexity index is 1420. The van der Waals surface area contributed by atoms with E-state index >= 15 is 0 Å². The lowest BCUT2D eigenvalue weighted by atomic mass is 10.1. The Kier molecular flexibility index (Phi) is 7.25. The van der Waals surface area contributed by atoms with Gasteiger partial charge < -0.3 is 15.2 Å². The van der Waals surface area contributed by atoms with Crippen molar-refractivity contribution in [1.82, 2.24) is 14.5 Å². The highest BCUT2D eigenvalue weighted by molar-refractivity contribution is 7.99. The fraction of sp³-hybridized carbons (Fsp3) is 0.269. The molecule has 0 radical (unpaired) electrons. The van der Waals surface area contributed by atoms with Crippen LogP contribution in [0.4, 0.5) is 15.8 Å². The summed E-state index contributed by atoms with van der Waals surface area (Å²) < 4.78 is 14.9. The van der Waals surface area contributed by atoms with E-state index in [9.17, 15) is 14.0 Å². The Morgan fingerprint density at radius 2 is 1.83 bits per heavy atom. The molecule has 2 aromatic heterocycles. The summed E-state index contributed by atoms with van der Waals surface area (Å²) in [5.74, 6) is -0.554. The largest absolute Gasteiger partial charge is 0.372 e. The average Bonchev–Trinajstić information content (AvgIpc) is 3.22. The highest BCUT2D eigenvalue weighted by Crippen LogP contribution is 2.25. The lowest BCUT2D eigenvalue weighted by Gasteiger charge is -2.22. The van der Waals surface area contributed by atoms with Crippen LogP contribution in [0.3, 0.4) is 0 Å². The predicted molar refractivity (Wildman–Crippen MR) is 140 cm³/mol. The quantitative estimate of drug-likeness (QED) is 0.265. The molecule has 2 heterocycles. The molecule has 9 heteroatoms. The molecule has 0 unspecified atom stereocenters. The van der Waals surface area contributed by atoms with E-state index in [2.05, 4.69) is 40.1 Å². The van der Waals surface area contributed by atoms with Crippen LogP contribution < -0.4 is 15.8 Å². The SMILES string of the molecule is CCN(CC)c1ccc(NC(=O)CSc2nc3cc(C)[nH]c3c(=O)n2-c2ccc(F)cc2)c(C)c1. The number of thioether (sulfide) groups is 1. The molecule has 0 bridgehead atoms. The van der Waals surface area contributed by atoms with Crippen molar-refractivity contribution >= 4 is 40.1 Å². The average molecular weight is 494 g/mol. The van der Waals surface area contributed by atoms with Crippen LogP contribution in [0.2, 0.25) is 0 Å². The minimum atomic E-state index is -0.400. The van der Waals surface area contributed by atoms with Gasteiger partial charge in [0, 0.05) is 30.2 Å². The lowest BCUT2D eigenvalue weighted by molar-refractivity contribution is -0.113. The first kappa shape index (κ1) is 24.5. The second-order valence-corrected chi connectivity index (χ2v) is 9.17. The molecule has 4 rings (SSSR count). The smallest absolute Gasteiger partial charge is 0.283 e. The number of carbonyl (C=O) groups excluding carboxylic acids is 1. The molecule has 0 atom stereocenters. The number of hydrogen-bond acceptors (Lipinski definition) is 5. The first-order valence-corrected chi connectivity index (χ1v) is 12.5. The van der Waals surface area contributed by atoms with Crippen molar-refractivity contribution in [2.75, 3.05) is 29.1 Å². The number of aryl methyl sites for hydroxylation is 2. The van der Waals surface area contributed by atoms with Crippen molar-refractivity contribution in [3.05, 3.63) is 76.0 Å². The fourth-order valence-corrected chi connectivity index (χ4v) is 4.79. The first-order valence-electron chi connectivity index (χ1n) is 11.5. The third-order valence-electron chi connectivity index (χ3n) is 5.79. The van der Waals surface area contributed by atoms with Crippen LogP contribution in [0.15, 0.2) is 58.5 Å². The third kappa shape index (κ3) is 5.24. The molecule has 0 aliphatic rings. The Morgan fingerprint density at radius 3 is 2.49 bits per heavy atom. The van der Waals surface area contributed by atoms with E-state index in [-0.39, 0.29) is 17.2 Å². The molecule has 35 heavy (non-hydrogen) atoms. The van der Waals surface area contributed by atoms with Crippen LogP contribution in [0.25, 0.3) is 16.7 Å². The molecule has 2 N–H and O–H groups in total. The molecular formula is C26H28FN5O2S. The molecular weight excluding hydrogens is 465 g/mol. The summed E-state index contributed by atoms with van der Waals surface area (Å²) in [7, 11) is 0. The number of carbonyl (C=O) groups is 1. The summed E-state index contributed by atoms with van der Waals surface area (Å²) in [5.41, 5.74) is 4.69. The molecule has 4 aromatic rings. The summed E-state index contributed by atoms with van der Waals surface area (Å²) in [6, 6.07) is 13.4. The Hall–Kier alpha value is -3.59. The number of anilines is 2. The van der Waals surface area contributed by atoms with Crippen molar-refractivity contribution in [3.63, 3.8) is 0 Å². The molecule has 0 aliphatic heterocycles. The molecule has 0 aliphatic carbocycles. The fourth-order valence-electron chi connectivity index (χ4n) is 3.98. The number of hydrogen-bond donors (Lipinski definition) is 2. The molecule has 0 saturated heterocycles. The highest BCUT2D eigenvalue weighted by atomic mass is 32.2. The van der Waals surface area contributed by atoms with Gasteiger partial charge in [-0.1, -0.05) is 11.8 Å². The first-order chi connectivity index (χ1) is 16.8. The Morgan fingerprint density at radius 1 is 1.11 bits per heavy atom. The highest BCUT2D eigenvalue weighted by Gasteiger charge is 2.17. The topological polar surface area (TPSA) is 83.0 Å². The number of nitrogens with zero attached hydrogens (tertiary/aromatic N) is 3. The maximum atomic E-state index is 13.5. The summed E-state index contributed by atoms with van der Waals surface area (Å²) in [6.07, 6.45) is 0. The van der Waals surface area contributed by atoms with Gasteiger partial charge >= 0.3 is 0 Å². The van der Waals surface area contributed by atoms with E-state index in [0.29, 0.717) is 21.9 Å². The monoisotopic (exact) mass is 493 g/mol. The maximum absolute atomic E-state index is 13.5. The molecule has 7 nitrogen and oxygen atoms in total. The number of aromatic nitrogens is 3. The molecule has 2 aromatic carbocycles. The van der Waals surface area contributed by atoms with Crippen molar-refractivity contribution in [2.45, 2.75) is 32.9 Å². The minimum Gasteiger partial charge on any atom is -0.372 e. The van der Waals surface area contributed by atoms with Crippen molar-refractivity contribution in [2.24, 2.45) is 0 Å². The number of fused-ring (bicyclic) bond motifs is 1. The van der Waals surface area contributed by atoms with E-state index < -0.39 is 5.82 Å². The Balaban J connectivity index is 1.58. The van der Waals surface area contributed by atoms with Gasteiger partial charge in [-0.3, -0.25) is 14.2 Å². The van der Waals surface area contributed by atoms with Crippen LogP contribution in [0.5, 0.6) is 0 Å². The van der Waals surface area contributed by atoms with E-state index in [0.717, 1.165) is 47.5 Å². The van der Waals surface area contributed by atoms with Crippen LogP contribution in [0, 0.1) is 19.7 Å².